The number of Topliss-reactive ketones (excluding diaryl/α,β-unsaturated/α-hetero) is 1. The predicted octanol–water partition coefficient (Wildman–Crippen LogP) is 1.21. The van der Waals surface area contributed by atoms with E-state index in [1.165, 1.54) is 0 Å². The first-order valence-corrected chi connectivity index (χ1v) is 6.13. The molecule has 1 aliphatic rings. The van der Waals surface area contributed by atoms with Gasteiger partial charge in [0.1, 0.15) is 5.78 Å². The Kier molecular flexibility index (Phi) is 6.14. The Morgan fingerprint density at radius 1 is 1.44 bits per heavy atom. The molecule has 3 nitrogen and oxygen atoms in total. The molecule has 0 saturated carbocycles. The van der Waals surface area contributed by atoms with Crippen LogP contribution in [0.25, 0.3) is 0 Å². The van der Waals surface area contributed by atoms with E-state index in [1.54, 1.807) is 0 Å². The lowest BCUT2D eigenvalue weighted by Gasteiger charge is -2.30. The molecular weight excluding hydrogens is 202 g/mol. The van der Waals surface area contributed by atoms with Crippen LogP contribution in [0.15, 0.2) is 0 Å². The fourth-order valence-corrected chi connectivity index (χ4v) is 1.95. The summed E-state index contributed by atoms with van der Waals surface area (Å²) < 4.78 is 0. The van der Waals surface area contributed by atoms with Gasteiger partial charge in [-0.25, -0.2) is 0 Å². The lowest BCUT2D eigenvalue weighted by molar-refractivity contribution is -0.121. The molecule has 1 fully saturated rings. The van der Waals surface area contributed by atoms with Crippen molar-refractivity contribution in [1.29, 1.82) is 0 Å². The van der Waals surface area contributed by atoms with Gasteiger partial charge in [0.25, 0.3) is 0 Å². The fraction of sp³-hybridized carbons (Fsp3) is 0.769. The zero-order valence-electron chi connectivity index (χ0n) is 10.0. The van der Waals surface area contributed by atoms with Crippen molar-refractivity contribution >= 4 is 5.78 Å². The Morgan fingerprint density at radius 2 is 2.12 bits per heavy atom. The van der Waals surface area contributed by atoms with Crippen LogP contribution in [-0.4, -0.2) is 41.5 Å². The van der Waals surface area contributed by atoms with E-state index in [1.807, 2.05) is 0 Å². The van der Waals surface area contributed by atoms with E-state index in [9.17, 15) is 4.79 Å². The first-order valence-electron chi connectivity index (χ1n) is 6.13. The predicted molar refractivity (Wildman–Crippen MR) is 64.0 cm³/mol. The highest BCUT2D eigenvalue weighted by Gasteiger charge is 2.21. The van der Waals surface area contributed by atoms with Crippen LogP contribution < -0.4 is 0 Å². The van der Waals surface area contributed by atoms with Gasteiger partial charge in [0.15, 0.2) is 0 Å². The molecule has 0 aromatic rings. The summed E-state index contributed by atoms with van der Waals surface area (Å²) in [6.45, 7) is 3.97. The van der Waals surface area contributed by atoms with E-state index in [4.69, 9.17) is 5.11 Å². The van der Waals surface area contributed by atoms with Crippen LogP contribution in [-0.2, 0) is 4.79 Å². The van der Waals surface area contributed by atoms with E-state index in [0.29, 0.717) is 25.0 Å². The summed E-state index contributed by atoms with van der Waals surface area (Å²) in [6.07, 6.45) is 4.03. The van der Waals surface area contributed by atoms with Crippen molar-refractivity contribution in [3.63, 3.8) is 0 Å². The summed E-state index contributed by atoms with van der Waals surface area (Å²) in [6, 6.07) is 0.268. The third-order valence-corrected chi connectivity index (χ3v) is 2.86. The van der Waals surface area contributed by atoms with Crippen molar-refractivity contribution in [3.8, 4) is 11.8 Å². The van der Waals surface area contributed by atoms with Gasteiger partial charge in [0, 0.05) is 32.4 Å². The number of aliphatic hydroxyl groups excluding tert-OH is 1. The minimum Gasteiger partial charge on any atom is -0.395 e. The van der Waals surface area contributed by atoms with Crippen LogP contribution in [0.1, 0.15) is 39.0 Å². The maximum absolute atomic E-state index is 11.2. The Bertz CT molecular complexity index is 267. The van der Waals surface area contributed by atoms with E-state index < -0.39 is 0 Å². The highest BCUT2D eigenvalue weighted by Crippen LogP contribution is 2.13. The number of ketones is 1. The van der Waals surface area contributed by atoms with Crippen LogP contribution in [0, 0.1) is 11.8 Å². The number of carbonyl (C=O) groups is 1. The number of hydrogen-bond donors (Lipinski definition) is 1. The van der Waals surface area contributed by atoms with Gasteiger partial charge in [-0.1, -0.05) is 25.2 Å². The van der Waals surface area contributed by atoms with Crippen LogP contribution in [0.5, 0.6) is 0 Å². The van der Waals surface area contributed by atoms with Gasteiger partial charge in [-0.3, -0.25) is 9.69 Å². The maximum atomic E-state index is 11.2. The van der Waals surface area contributed by atoms with E-state index in [0.717, 1.165) is 25.9 Å². The van der Waals surface area contributed by atoms with Crippen LogP contribution >= 0.6 is 0 Å². The molecule has 1 heterocycles. The molecule has 1 atom stereocenters. The zero-order valence-corrected chi connectivity index (χ0v) is 10.0. The Balaban J connectivity index is 2.49. The molecule has 1 saturated heterocycles. The van der Waals surface area contributed by atoms with Gasteiger partial charge in [-0.15, -0.1) is 0 Å². The summed E-state index contributed by atoms with van der Waals surface area (Å²) in [5.41, 5.74) is 0. The number of hydrogen-bond acceptors (Lipinski definition) is 3. The normalized spacial score (nSPS) is 19.0. The SMILES string of the molecule is CCC[C@H](C#CCCO)N1CCC(=O)CC1. The average molecular weight is 223 g/mol. The highest BCUT2D eigenvalue weighted by atomic mass is 16.2. The quantitative estimate of drug-likeness (QED) is 0.728. The Hall–Kier alpha value is -0.850. The third kappa shape index (κ3) is 4.34. The topological polar surface area (TPSA) is 40.5 Å². The maximum Gasteiger partial charge on any atom is 0.135 e. The molecule has 0 aromatic heterocycles. The molecule has 1 aliphatic heterocycles. The van der Waals surface area contributed by atoms with Gasteiger partial charge in [0.05, 0.1) is 12.6 Å². The van der Waals surface area contributed by atoms with Crippen LogP contribution in [0.4, 0.5) is 0 Å². The smallest absolute Gasteiger partial charge is 0.135 e. The molecule has 90 valence electrons. The van der Waals surface area contributed by atoms with E-state index in [2.05, 4.69) is 23.7 Å². The van der Waals surface area contributed by atoms with Crippen molar-refractivity contribution in [3.05, 3.63) is 0 Å². The lowest BCUT2D eigenvalue weighted by Crippen LogP contribution is -2.40. The molecule has 1 rings (SSSR count). The molecule has 0 bridgehead atoms. The molecule has 1 N–H and O–H groups in total. The number of rotatable bonds is 4. The van der Waals surface area contributed by atoms with Gasteiger partial charge in [-0.05, 0) is 6.42 Å². The molecule has 0 amide bonds. The Labute approximate surface area is 97.8 Å². The highest BCUT2D eigenvalue weighted by molar-refractivity contribution is 5.79. The number of likely N-dealkylation sites (tertiary alicyclic amines) is 1. The number of carbonyl (C=O) groups excluding carboxylic acids is 1. The first kappa shape index (κ1) is 13.2. The molecular formula is C13H21NO2. The van der Waals surface area contributed by atoms with Gasteiger partial charge in [-0.2, -0.15) is 0 Å². The molecule has 0 radical (unpaired) electrons. The molecule has 0 aliphatic carbocycles. The minimum atomic E-state index is 0.129. The van der Waals surface area contributed by atoms with Gasteiger partial charge < -0.3 is 5.11 Å². The average Bonchev–Trinajstić information content (AvgIpc) is 2.29. The molecule has 0 unspecified atom stereocenters. The Morgan fingerprint density at radius 3 is 2.69 bits per heavy atom. The van der Waals surface area contributed by atoms with E-state index >= 15 is 0 Å². The zero-order chi connectivity index (χ0) is 11.8. The van der Waals surface area contributed by atoms with Crippen molar-refractivity contribution in [2.24, 2.45) is 0 Å². The first-order chi connectivity index (χ1) is 7.77. The van der Waals surface area contributed by atoms with Crippen LogP contribution in [0.3, 0.4) is 0 Å². The molecule has 0 spiro atoms. The molecule has 3 heteroatoms. The van der Waals surface area contributed by atoms with Crippen molar-refractivity contribution in [1.82, 2.24) is 4.90 Å². The second-order valence-electron chi connectivity index (χ2n) is 4.17. The second-order valence-corrected chi connectivity index (χ2v) is 4.17. The van der Waals surface area contributed by atoms with Crippen molar-refractivity contribution in [2.45, 2.75) is 45.1 Å². The van der Waals surface area contributed by atoms with Crippen molar-refractivity contribution < 1.29 is 9.90 Å². The minimum absolute atomic E-state index is 0.129. The van der Waals surface area contributed by atoms with Gasteiger partial charge in [0.2, 0.25) is 0 Å². The number of piperidine rings is 1. The summed E-state index contributed by atoms with van der Waals surface area (Å²) in [5.74, 6) is 6.58. The summed E-state index contributed by atoms with van der Waals surface area (Å²) in [7, 11) is 0. The fourth-order valence-electron chi connectivity index (χ4n) is 1.95. The number of aliphatic hydroxyl groups is 1. The summed E-state index contributed by atoms with van der Waals surface area (Å²) in [5, 5.41) is 8.69. The van der Waals surface area contributed by atoms with E-state index in [-0.39, 0.29) is 12.6 Å². The second kappa shape index (κ2) is 7.43. The van der Waals surface area contributed by atoms with Crippen LogP contribution in [0.2, 0.25) is 0 Å². The molecule has 16 heavy (non-hydrogen) atoms. The largest absolute Gasteiger partial charge is 0.395 e. The van der Waals surface area contributed by atoms with Crippen molar-refractivity contribution in [2.75, 3.05) is 19.7 Å². The summed E-state index contributed by atoms with van der Waals surface area (Å²) in [4.78, 5) is 13.5. The number of nitrogens with zero attached hydrogens (tertiary/aromatic N) is 1. The summed E-state index contributed by atoms with van der Waals surface area (Å²) >= 11 is 0. The van der Waals surface area contributed by atoms with Gasteiger partial charge >= 0.3 is 0 Å². The lowest BCUT2D eigenvalue weighted by atomic mass is 10.0. The third-order valence-electron chi connectivity index (χ3n) is 2.86. The monoisotopic (exact) mass is 223 g/mol. The molecule has 0 aromatic carbocycles. The standard InChI is InChI=1S/C13H21NO2/c1-2-5-12(6-3-4-11-15)14-9-7-13(16)8-10-14/h12,15H,2,4-5,7-11H2,1H3/t12-/m1/s1.